The van der Waals surface area contributed by atoms with Gasteiger partial charge in [0.15, 0.2) is 0 Å². The summed E-state index contributed by atoms with van der Waals surface area (Å²) >= 11 is 0. The first kappa shape index (κ1) is 56.3. The number of carboxylic acids is 6. The summed E-state index contributed by atoms with van der Waals surface area (Å²) in [6.45, 7) is -3.56. The predicted octanol–water partition coefficient (Wildman–Crippen LogP) is -5.61. The van der Waals surface area contributed by atoms with E-state index in [0.717, 1.165) is 9.80 Å². The van der Waals surface area contributed by atoms with Gasteiger partial charge in [-0.15, -0.1) is 0 Å². The minimum atomic E-state index is -1.75. The average molecular weight is 984 g/mol. The Bertz CT molecular complexity index is 1900. The van der Waals surface area contributed by atoms with Crippen molar-refractivity contribution >= 4 is 77.1 Å². The zero-order chi connectivity index (χ0) is 51.5. The van der Waals surface area contributed by atoms with Crippen molar-refractivity contribution in [3.63, 3.8) is 0 Å². The van der Waals surface area contributed by atoms with Crippen LogP contribution in [0.2, 0.25) is 0 Å². The molecule has 29 nitrogen and oxygen atoms in total. The molecule has 0 radical (unpaired) electrons. The number of piperidine rings is 1. The summed E-state index contributed by atoms with van der Waals surface area (Å²) in [6.07, 6.45) is -1.05. The zero-order valence-corrected chi connectivity index (χ0v) is 37.8. The minimum Gasteiger partial charge on any atom is -0.481 e. The molecule has 0 unspecified atom stereocenters. The number of nitrogens with one attached hydrogen (secondary N) is 7. The summed E-state index contributed by atoms with van der Waals surface area (Å²) in [5, 5.41) is 79.9. The van der Waals surface area contributed by atoms with Gasteiger partial charge >= 0.3 is 35.8 Å². The molecule has 0 aromatic carbocycles. The van der Waals surface area contributed by atoms with E-state index in [2.05, 4.69) is 31.9 Å². The van der Waals surface area contributed by atoms with E-state index in [-0.39, 0.29) is 70.8 Å². The van der Waals surface area contributed by atoms with E-state index < -0.39 is 165 Å². The molecule has 3 rings (SSSR count). The maximum Gasteiger partial charge on any atom is 0.320 e. The number of carboxylic acid groups (broad SMARTS) is 6. The Kier molecular flexibility index (Phi) is 22.1. The lowest BCUT2D eigenvalue weighted by Crippen LogP contribution is -2.65. The van der Waals surface area contributed by atoms with Crippen molar-refractivity contribution in [2.75, 3.05) is 72.0 Å². The van der Waals surface area contributed by atoms with Gasteiger partial charge in [0.2, 0.25) is 35.4 Å². The molecule has 69 heavy (non-hydrogen) atoms. The van der Waals surface area contributed by atoms with Crippen LogP contribution in [0.5, 0.6) is 0 Å². The minimum absolute atomic E-state index is 0.0528. The molecule has 2 bridgehead atoms. The summed E-state index contributed by atoms with van der Waals surface area (Å²) in [7, 11) is 0. The molecule has 3 saturated heterocycles. The molecule has 3 aliphatic heterocycles. The van der Waals surface area contributed by atoms with Crippen molar-refractivity contribution in [1.29, 1.82) is 5.41 Å². The van der Waals surface area contributed by atoms with Crippen LogP contribution in [0.4, 0.5) is 0 Å². The van der Waals surface area contributed by atoms with Crippen LogP contribution in [-0.4, -0.2) is 236 Å². The molecule has 0 spiro atoms. The molecule has 3 heterocycles. The monoisotopic (exact) mass is 983 g/mol. The first-order valence-electron chi connectivity index (χ1n) is 22.0. The van der Waals surface area contributed by atoms with Crippen molar-refractivity contribution in [2.45, 2.75) is 94.5 Å². The average Bonchev–Trinajstić information content (AvgIpc) is 3.67. The molecular weight excluding hydrogens is 922 g/mol. The zero-order valence-electron chi connectivity index (χ0n) is 37.8. The van der Waals surface area contributed by atoms with Crippen LogP contribution in [0.1, 0.15) is 58.3 Å². The van der Waals surface area contributed by atoms with Gasteiger partial charge < -0.3 is 67.4 Å². The second-order valence-corrected chi connectivity index (χ2v) is 16.9. The van der Waals surface area contributed by atoms with Gasteiger partial charge in [0.05, 0.1) is 45.0 Å². The Balaban J connectivity index is 1.87. The lowest BCUT2D eigenvalue weighted by Gasteiger charge is -2.42. The van der Waals surface area contributed by atoms with Gasteiger partial charge in [-0.05, 0) is 45.4 Å². The first-order chi connectivity index (χ1) is 32.4. The third-order valence-electron chi connectivity index (χ3n) is 11.6. The second-order valence-electron chi connectivity index (χ2n) is 16.9. The molecular formula is C40H61N11O18. The van der Waals surface area contributed by atoms with Crippen LogP contribution in [0, 0.1) is 11.3 Å². The van der Waals surface area contributed by atoms with Gasteiger partial charge in [0, 0.05) is 57.6 Å². The van der Waals surface area contributed by atoms with Crippen LogP contribution < -0.4 is 31.9 Å². The summed E-state index contributed by atoms with van der Waals surface area (Å²) in [6, 6.07) is -7.74. The third kappa shape index (κ3) is 18.9. The SMILES string of the molecule is CC(=N)NCCC[C@@H]1NC(=O)[C@@H]2CC[C@H]3C[C@@H](CNC(=O)CC[C@@H](C(=O)O)N(CCN(CC(=O)O)CC(=O)O)CCN(CC(=O)O)CC(=O)O)[C@@H](NC(=O)[C@H](CC(=O)O)NC(=O)CNC1=O)C(=O)N32. The van der Waals surface area contributed by atoms with Crippen LogP contribution in [0.25, 0.3) is 0 Å². The Morgan fingerprint density at radius 1 is 0.725 bits per heavy atom. The number of fused-ring (bicyclic) bond motifs is 1. The standard InChI is InChI=1S/C40H61N11O18/c1-21(41)42-8-2-3-24-36(64)44-16-29(53)45-25(14-30(54)55)37(65)47-35-22(13-23-4-5-26(38(66)46-24)51(23)39(35)67)15-43-28(52)7-6-27(40(68)69)50(11-9-48(17-31(56)57)18-32(58)59)12-10-49(19-33(60)61)20-34(62)63/h22-27,35H,2-20H2,1H3,(H2,41,42)(H,43,52)(H,44,64)(H,45,53)(H,46,66)(H,47,65)(H,54,55)(H,56,57)(H,58,59)(H,60,61)(H,62,63)(H,68,69)/t22-,23-,24-,25-,26-,27-,35+/m0/s1. The normalized spacial score (nSPS) is 22.3. The number of hydrogen-bond donors (Lipinski definition) is 13. The fourth-order valence-corrected chi connectivity index (χ4v) is 8.45. The van der Waals surface area contributed by atoms with Crippen molar-refractivity contribution in [3.8, 4) is 0 Å². The van der Waals surface area contributed by atoms with Crippen molar-refractivity contribution in [1.82, 2.24) is 51.5 Å². The summed E-state index contributed by atoms with van der Waals surface area (Å²) in [5.41, 5.74) is 0. The van der Waals surface area contributed by atoms with E-state index in [1.165, 1.54) is 16.7 Å². The Labute approximate surface area is 394 Å². The molecule has 0 saturated carbocycles. The molecule has 0 aliphatic carbocycles. The van der Waals surface area contributed by atoms with Crippen LogP contribution in [-0.2, 0) is 57.5 Å². The molecule has 0 aromatic heterocycles. The topological polar surface area (TPSA) is 435 Å². The second kappa shape index (κ2) is 27.1. The van der Waals surface area contributed by atoms with Gasteiger partial charge in [-0.2, -0.15) is 0 Å². The van der Waals surface area contributed by atoms with Gasteiger partial charge in [0.1, 0.15) is 30.2 Å². The van der Waals surface area contributed by atoms with Crippen LogP contribution in [0.3, 0.4) is 0 Å². The fourth-order valence-electron chi connectivity index (χ4n) is 8.45. The number of amidine groups is 1. The summed E-state index contributed by atoms with van der Waals surface area (Å²) in [4.78, 5) is 156. The number of nitrogens with zero attached hydrogens (tertiary/aromatic N) is 4. The van der Waals surface area contributed by atoms with Gasteiger partial charge in [-0.1, -0.05) is 0 Å². The number of amides is 6. The third-order valence-corrected chi connectivity index (χ3v) is 11.6. The lowest BCUT2D eigenvalue weighted by atomic mass is 9.85. The van der Waals surface area contributed by atoms with E-state index >= 15 is 0 Å². The van der Waals surface area contributed by atoms with E-state index in [1.807, 2.05) is 0 Å². The van der Waals surface area contributed by atoms with Crippen LogP contribution in [0.15, 0.2) is 0 Å². The van der Waals surface area contributed by atoms with E-state index in [4.69, 9.17) is 5.41 Å². The Morgan fingerprint density at radius 2 is 1.30 bits per heavy atom. The quantitative estimate of drug-likeness (QED) is 0.0207. The van der Waals surface area contributed by atoms with Gasteiger partial charge in [-0.25, -0.2) is 0 Å². The highest BCUT2D eigenvalue weighted by Crippen LogP contribution is 2.35. The Morgan fingerprint density at radius 3 is 1.83 bits per heavy atom. The molecule has 3 aliphatic rings. The van der Waals surface area contributed by atoms with Crippen LogP contribution >= 0.6 is 0 Å². The summed E-state index contributed by atoms with van der Waals surface area (Å²) < 4.78 is 0. The van der Waals surface area contributed by atoms with Crippen molar-refractivity contribution in [3.05, 3.63) is 0 Å². The molecule has 7 atom stereocenters. The molecule has 13 N–H and O–H groups in total. The molecule has 0 aromatic rings. The van der Waals surface area contributed by atoms with E-state index in [0.29, 0.717) is 6.42 Å². The Hall–Kier alpha value is -7.01. The van der Waals surface area contributed by atoms with Gasteiger partial charge in [-0.3, -0.25) is 77.6 Å². The van der Waals surface area contributed by atoms with E-state index in [9.17, 15) is 88.2 Å². The smallest absolute Gasteiger partial charge is 0.320 e. The fraction of sp³-hybridized carbons (Fsp3) is 0.675. The lowest BCUT2D eigenvalue weighted by molar-refractivity contribution is -0.149. The number of rotatable bonds is 27. The largest absolute Gasteiger partial charge is 0.481 e. The highest BCUT2D eigenvalue weighted by Gasteiger charge is 2.51. The number of hydrogen-bond acceptors (Lipinski definition) is 16. The van der Waals surface area contributed by atoms with Crippen molar-refractivity contribution in [2.24, 2.45) is 5.92 Å². The molecule has 384 valence electrons. The molecule has 6 amide bonds. The predicted molar refractivity (Wildman–Crippen MR) is 232 cm³/mol. The number of aliphatic carboxylic acids is 6. The van der Waals surface area contributed by atoms with Crippen molar-refractivity contribution < 1.29 is 88.2 Å². The number of carbonyl (C=O) groups is 12. The first-order valence-corrected chi connectivity index (χ1v) is 22.0. The highest BCUT2D eigenvalue weighted by molar-refractivity contribution is 5.99. The van der Waals surface area contributed by atoms with E-state index in [1.54, 1.807) is 0 Å². The number of carbonyl (C=O) groups excluding carboxylic acids is 6. The van der Waals surface area contributed by atoms with Gasteiger partial charge in [0.25, 0.3) is 0 Å². The molecule has 3 fully saturated rings. The summed E-state index contributed by atoms with van der Waals surface area (Å²) in [5.74, 6) is -14.4. The molecule has 29 heteroatoms. The maximum atomic E-state index is 14.4. The highest BCUT2D eigenvalue weighted by atomic mass is 16.4. The maximum absolute atomic E-state index is 14.4.